The first-order valence-corrected chi connectivity index (χ1v) is 13.1. The Kier molecular flexibility index (Phi) is 8.55. The number of aromatic nitrogens is 4. The van der Waals surface area contributed by atoms with E-state index >= 15 is 4.39 Å². The normalized spacial score (nSPS) is 24.0. The molecular weight excluding hydrogens is 562 g/mol. The fourth-order valence-electron chi connectivity index (χ4n) is 3.71. The third kappa shape index (κ3) is 5.91. The lowest BCUT2D eigenvalue weighted by atomic mass is 9.97. The lowest BCUT2D eigenvalue weighted by Gasteiger charge is -2.24. The van der Waals surface area contributed by atoms with Crippen LogP contribution in [0.15, 0.2) is 36.7 Å². The van der Waals surface area contributed by atoms with E-state index in [1.54, 1.807) is 18.2 Å². The highest BCUT2D eigenvalue weighted by atomic mass is 35.5. The average molecular weight is 585 g/mol. The van der Waals surface area contributed by atoms with E-state index in [0.717, 1.165) is 11.7 Å². The molecule has 4 rings (SSSR count). The maximum absolute atomic E-state index is 16.2. The number of para-hydroxylation sites is 1. The van der Waals surface area contributed by atoms with Crippen molar-refractivity contribution in [3.63, 3.8) is 0 Å². The smallest absolute Gasteiger partial charge is 0.459 e. The van der Waals surface area contributed by atoms with Gasteiger partial charge in [0.2, 0.25) is 17.5 Å². The van der Waals surface area contributed by atoms with Gasteiger partial charge in [0.1, 0.15) is 24.5 Å². The second-order valence-electron chi connectivity index (χ2n) is 7.98. The first kappa shape index (κ1) is 28.5. The van der Waals surface area contributed by atoms with Gasteiger partial charge in [-0.15, -0.1) is 0 Å². The number of imidazole rings is 1. The van der Waals surface area contributed by atoms with Crippen LogP contribution in [0.4, 0.5) is 10.3 Å². The summed E-state index contributed by atoms with van der Waals surface area (Å²) in [5, 5.41) is 15.2. The third-order valence-corrected chi connectivity index (χ3v) is 7.14. The summed E-state index contributed by atoms with van der Waals surface area (Å²) in [4.78, 5) is 23.8. The molecule has 14 nitrogen and oxygen atoms in total. The Balaban J connectivity index is 1.62. The Hall–Kier alpha value is -3.51. The number of methoxy groups -OCH3 is 2. The summed E-state index contributed by atoms with van der Waals surface area (Å²) in [6.45, 7) is -1.20. The van der Waals surface area contributed by atoms with Crippen molar-refractivity contribution in [3.8, 4) is 22.9 Å². The van der Waals surface area contributed by atoms with E-state index < -0.39 is 51.0 Å². The number of benzene rings is 1. The molecule has 1 aliphatic rings. The van der Waals surface area contributed by atoms with Crippen molar-refractivity contribution < 1.29 is 42.1 Å². The van der Waals surface area contributed by atoms with E-state index in [0.29, 0.717) is 0 Å². The van der Waals surface area contributed by atoms with Crippen LogP contribution in [0, 0.1) is 11.3 Å². The number of alkyl halides is 1. The zero-order chi connectivity index (χ0) is 28.2. The molecule has 1 saturated heterocycles. The molecule has 0 bridgehead atoms. The van der Waals surface area contributed by atoms with Crippen molar-refractivity contribution in [2.45, 2.75) is 24.1 Å². The van der Waals surface area contributed by atoms with Crippen molar-refractivity contribution in [2.24, 2.45) is 0 Å². The van der Waals surface area contributed by atoms with Crippen LogP contribution in [0.5, 0.6) is 11.6 Å². The van der Waals surface area contributed by atoms with Gasteiger partial charge in [-0.25, -0.2) is 19.0 Å². The second kappa shape index (κ2) is 11.7. The Labute approximate surface area is 226 Å². The highest BCUT2D eigenvalue weighted by Crippen LogP contribution is 2.47. The molecular formula is C22H23ClFN6O8P. The van der Waals surface area contributed by atoms with Crippen molar-refractivity contribution in [2.75, 3.05) is 33.1 Å². The summed E-state index contributed by atoms with van der Waals surface area (Å²) in [5.74, 6) is 1.35. The topological polar surface area (TPSA) is 182 Å². The van der Waals surface area contributed by atoms with Crippen molar-refractivity contribution in [3.05, 3.63) is 36.7 Å². The monoisotopic (exact) mass is 584 g/mol. The summed E-state index contributed by atoms with van der Waals surface area (Å²) in [7, 11) is -1.80. The van der Waals surface area contributed by atoms with Gasteiger partial charge in [-0.2, -0.15) is 9.97 Å². The van der Waals surface area contributed by atoms with E-state index in [9.17, 15) is 14.5 Å². The zero-order valence-electron chi connectivity index (χ0n) is 20.5. The molecule has 0 saturated carbocycles. The minimum atomic E-state index is -4.28. The molecule has 39 heavy (non-hydrogen) atoms. The van der Waals surface area contributed by atoms with Gasteiger partial charge < -0.3 is 29.6 Å². The summed E-state index contributed by atoms with van der Waals surface area (Å²) < 4.78 is 57.2. The van der Waals surface area contributed by atoms with E-state index in [1.165, 1.54) is 25.6 Å². The van der Waals surface area contributed by atoms with Gasteiger partial charge >= 0.3 is 13.7 Å². The number of carbonyl (C=O) groups excluding carboxylic acids is 1. The van der Waals surface area contributed by atoms with E-state index in [2.05, 4.69) is 30.7 Å². The standard InChI is InChI=1S/C22H23ClFN6O8P/c1-34-15(31)10-27-39(33,38-13-6-4-3-5-7-13)36-11-14-17(32)22(24,8-9-23)20(37-14)30-12-26-16-18(30)28-21(25)29-19(16)35-2/h3-7,12,14,17,20,32H,10-11H2,1-2H3,(H,27,33)(H2,25,28,29)/t14-,17-,20-,22-,39?/m1/s1. The predicted molar refractivity (Wildman–Crippen MR) is 134 cm³/mol. The lowest BCUT2D eigenvalue weighted by molar-refractivity contribution is -0.139. The van der Waals surface area contributed by atoms with Crippen LogP contribution in [0.3, 0.4) is 0 Å². The Morgan fingerprint density at radius 3 is 2.77 bits per heavy atom. The zero-order valence-corrected chi connectivity index (χ0v) is 22.1. The number of aliphatic hydroxyl groups is 1. The largest absolute Gasteiger partial charge is 0.479 e. The predicted octanol–water partition coefficient (Wildman–Crippen LogP) is 1.55. The van der Waals surface area contributed by atoms with Crippen molar-refractivity contribution in [1.29, 1.82) is 0 Å². The molecule has 3 heterocycles. The van der Waals surface area contributed by atoms with Gasteiger partial charge in [0.15, 0.2) is 17.4 Å². The van der Waals surface area contributed by atoms with Crippen LogP contribution in [0.1, 0.15) is 6.23 Å². The Bertz CT molecular complexity index is 1450. The van der Waals surface area contributed by atoms with Gasteiger partial charge in [0.05, 0.1) is 27.2 Å². The number of fused-ring (bicyclic) bond motifs is 1. The van der Waals surface area contributed by atoms with Gasteiger partial charge in [-0.1, -0.05) is 18.2 Å². The molecule has 1 unspecified atom stereocenters. The van der Waals surface area contributed by atoms with Crippen LogP contribution < -0.4 is 20.1 Å². The van der Waals surface area contributed by atoms with Crippen LogP contribution in [-0.4, -0.2) is 75.8 Å². The number of anilines is 1. The third-order valence-electron chi connectivity index (χ3n) is 5.56. The summed E-state index contributed by atoms with van der Waals surface area (Å²) in [6.07, 6.45) is -3.90. The second-order valence-corrected chi connectivity index (χ2v) is 9.92. The van der Waals surface area contributed by atoms with Crippen molar-refractivity contribution in [1.82, 2.24) is 24.6 Å². The molecule has 17 heteroatoms. The number of nitrogens with two attached hydrogens (primary N) is 1. The van der Waals surface area contributed by atoms with Crippen LogP contribution >= 0.6 is 19.3 Å². The molecule has 4 N–H and O–H groups in total. The number of rotatable bonds is 10. The molecule has 3 aromatic rings. The number of esters is 1. The van der Waals surface area contributed by atoms with E-state index in [-0.39, 0.29) is 28.7 Å². The molecule has 2 aromatic heterocycles. The number of ether oxygens (including phenoxy) is 3. The molecule has 0 radical (unpaired) electrons. The molecule has 0 spiro atoms. The first-order valence-electron chi connectivity index (χ1n) is 11.1. The SMILES string of the molecule is COC(=O)CNP(=O)(OC[C@H]1O[C@@H](n2cnc3c(OC)nc(N)nc32)[C@@](F)(C#CCl)[C@@H]1O)Oc1ccccc1. The minimum Gasteiger partial charge on any atom is -0.479 e. The fraction of sp³-hybridized carbons (Fsp3) is 0.364. The molecule has 208 valence electrons. The lowest BCUT2D eigenvalue weighted by Crippen LogP contribution is -2.42. The summed E-state index contributed by atoms with van der Waals surface area (Å²) in [6, 6.07) is 7.95. The highest BCUT2D eigenvalue weighted by Gasteiger charge is 2.58. The molecule has 1 fully saturated rings. The quantitative estimate of drug-likeness (QED) is 0.177. The van der Waals surface area contributed by atoms with Gasteiger partial charge in [-0.05, 0) is 29.7 Å². The van der Waals surface area contributed by atoms with Crippen LogP contribution in [0.2, 0.25) is 0 Å². The summed E-state index contributed by atoms with van der Waals surface area (Å²) in [5.41, 5.74) is 3.10. The Morgan fingerprint density at radius 2 is 2.10 bits per heavy atom. The maximum atomic E-state index is 16.2. The number of carbonyl (C=O) groups is 1. The highest BCUT2D eigenvalue weighted by molar-refractivity contribution is 7.52. The Morgan fingerprint density at radius 1 is 1.36 bits per heavy atom. The molecule has 1 aromatic carbocycles. The van der Waals surface area contributed by atoms with E-state index in [4.69, 9.17) is 35.9 Å². The average Bonchev–Trinajstić information content (AvgIpc) is 3.44. The molecule has 0 aliphatic carbocycles. The molecule has 0 amide bonds. The number of nitrogen functional groups attached to an aromatic ring is 1. The summed E-state index contributed by atoms with van der Waals surface area (Å²) >= 11 is 5.52. The first-order chi connectivity index (χ1) is 18.6. The fourth-order valence-corrected chi connectivity index (χ4v) is 5.13. The molecule has 1 aliphatic heterocycles. The van der Waals surface area contributed by atoms with Crippen LogP contribution in [-0.2, 0) is 23.4 Å². The van der Waals surface area contributed by atoms with Gasteiger partial charge in [0.25, 0.3) is 0 Å². The molecule has 5 atom stereocenters. The number of halogens is 2. The number of aliphatic hydroxyl groups excluding tert-OH is 1. The van der Waals surface area contributed by atoms with E-state index in [1.807, 2.05) is 5.38 Å². The van der Waals surface area contributed by atoms with Gasteiger partial charge in [0, 0.05) is 5.38 Å². The number of nitrogens with zero attached hydrogens (tertiary/aromatic N) is 4. The van der Waals surface area contributed by atoms with Gasteiger partial charge in [-0.3, -0.25) is 13.9 Å². The number of hydrogen-bond acceptors (Lipinski definition) is 12. The minimum absolute atomic E-state index is 0.0225. The van der Waals surface area contributed by atoms with Crippen molar-refractivity contribution >= 4 is 42.4 Å². The maximum Gasteiger partial charge on any atom is 0.459 e. The van der Waals surface area contributed by atoms with Crippen LogP contribution in [0.25, 0.3) is 11.2 Å². The number of hydrogen-bond donors (Lipinski definition) is 3. The number of nitrogens with one attached hydrogen (secondary N) is 1.